The highest BCUT2D eigenvalue weighted by atomic mass is 14.6. The third-order valence-corrected chi connectivity index (χ3v) is 8.11. The van der Waals surface area contributed by atoms with E-state index in [-0.39, 0.29) is 0 Å². The normalized spacial score (nSPS) is 46.0. The third kappa shape index (κ3) is 1.92. The van der Waals surface area contributed by atoms with Crippen LogP contribution in [0.2, 0.25) is 0 Å². The number of rotatable bonds is 0. The van der Waals surface area contributed by atoms with E-state index in [0.717, 1.165) is 29.6 Å². The maximum absolute atomic E-state index is 2.63. The van der Waals surface area contributed by atoms with Gasteiger partial charge in [0.1, 0.15) is 0 Å². The smallest absolute Gasteiger partial charge is 0.0292 e. The van der Waals surface area contributed by atoms with Crippen LogP contribution in [0.1, 0.15) is 80.6 Å². The molecule has 0 saturated heterocycles. The van der Waals surface area contributed by atoms with Crippen molar-refractivity contribution in [2.75, 3.05) is 0 Å². The second-order valence-corrected chi connectivity index (χ2v) is 10.5. The summed E-state index contributed by atoms with van der Waals surface area (Å²) in [4.78, 5) is 0. The maximum atomic E-state index is 2.63. The standard InChI is InChI=1S/C20H36/c1-18(2,3)16-11-13-12-17(16)20(6,7)15-10-8-9-14(15)19(13,4)5/h13-17H,8-12H2,1-7H3/t13?,14-,15+,16?,17?/m1/s1. The van der Waals surface area contributed by atoms with Gasteiger partial charge in [-0.05, 0) is 71.5 Å². The van der Waals surface area contributed by atoms with Crippen molar-refractivity contribution in [3.05, 3.63) is 0 Å². The van der Waals surface area contributed by atoms with E-state index in [2.05, 4.69) is 48.5 Å². The van der Waals surface area contributed by atoms with Crippen LogP contribution >= 0.6 is 0 Å². The molecule has 3 saturated carbocycles. The van der Waals surface area contributed by atoms with Gasteiger partial charge < -0.3 is 0 Å². The van der Waals surface area contributed by atoms with Crippen molar-refractivity contribution in [1.82, 2.24) is 0 Å². The van der Waals surface area contributed by atoms with Gasteiger partial charge in [0.05, 0.1) is 0 Å². The Balaban J connectivity index is 2.04. The van der Waals surface area contributed by atoms with E-state index in [1.54, 1.807) is 0 Å². The molecule has 0 heteroatoms. The second-order valence-electron chi connectivity index (χ2n) is 10.5. The predicted octanol–water partition coefficient (Wildman–Crippen LogP) is 6.16. The van der Waals surface area contributed by atoms with Gasteiger partial charge in [-0.15, -0.1) is 0 Å². The predicted molar refractivity (Wildman–Crippen MR) is 87.6 cm³/mol. The Morgan fingerprint density at radius 3 is 1.85 bits per heavy atom. The summed E-state index contributed by atoms with van der Waals surface area (Å²) >= 11 is 0. The van der Waals surface area contributed by atoms with Crippen LogP contribution in [0, 0.1) is 45.8 Å². The van der Waals surface area contributed by atoms with Crippen LogP contribution in [0.4, 0.5) is 0 Å². The fraction of sp³-hybridized carbons (Fsp3) is 1.00. The number of fused-ring (bicyclic) bond motifs is 3. The van der Waals surface area contributed by atoms with Crippen LogP contribution in [0.25, 0.3) is 0 Å². The molecule has 3 rings (SSSR count). The van der Waals surface area contributed by atoms with Gasteiger partial charge in [-0.2, -0.15) is 0 Å². The van der Waals surface area contributed by atoms with E-state index < -0.39 is 0 Å². The van der Waals surface area contributed by atoms with Gasteiger partial charge in [0.15, 0.2) is 0 Å². The molecule has 0 aromatic heterocycles. The number of hydrogen-bond acceptors (Lipinski definition) is 0. The maximum Gasteiger partial charge on any atom is -0.0292 e. The molecule has 20 heavy (non-hydrogen) atoms. The quantitative estimate of drug-likeness (QED) is 0.497. The molecule has 0 aromatic rings. The van der Waals surface area contributed by atoms with Crippen molar-refractivity contribution in [3.63, 3.8) is 0 Å². The molecule has 3 unspecified atom stereocenters. The van der Waals surface area contributed by atoms with E-state index in [1.165, 1.54) is 32.1 Å². The van der Waals surface area contributed by atoms with Crippen molar-refractivity contribution in [2.45, 2.75) is 80.6 Å². The highest BCUT2D eigenvalue weighted by molar-refractivity contribution is 5.09. The molecule has 0 amide bonds. The van der Waals surface area contributed by atoms with Gasteiger partial charge in [-0.3, -0.25) is 0 Å². The molecule has 2 bridgehead atoms. The van der Waals surface area contributed by atoms with Crippen molar-refractivity contribution in [2.24, 2.45) is 45.8 Å². The molecule has 3 aliphatic carbocycles. The van der Waals surface area contributed by atoms with Crippen LogP contribution in [-0.4, -0.2) is 0 Å². The average molecular weight is 277 g/mol. The lowest BCUT2D eigenvalue weighted by Gasteiger charge is -2.50. The van der Waals surface area contributed by atoms with Crippen molar-refractivity contribution in [1.29, 1.82) is 0 Å². The van der Waals surface area contributed by atoms with Crippen LogP contribution in [0.5, 0.6) is 0 Å². The first-order chi connectivity index (χ1) is 9.06. The highest BCUT2D eigenvalue weighted by Crippen LogP contribution is 2.68. The summed E-state index contributed by atoms with van der Waals surface area (Å²) in [5.74, 6) is 4.85. The molecule has 116 valence electrons. The molecule has 0 N–H and O–H groups in total. The Labute approximate surface area is 127 Å². The molecule has 5 atom stereocenters. The molecule has 0 heterocycles. The average Bonchev–Trinajstić information content (AvgIpc) is 2.94. The topological polar surface area (TPSA) is 0 Å². The van der Waals surface area contributed by atoms with E-state index in [0.29, 0.717) is 16.2 Å². The zero-order valence-electron chi connectivity index (χ0n) is 14.9. The SMILES string of the molecule is CC(C)(C)C1CC2CC1C(C)(C)[C@H]1CCC[C@H]1C2(C)C. The molecular weight excluding hydrogens is 240 g/mol. The third-order valence-electron chi connectivity index (χ3n) is 8.11. The lowest BCUT2D eigenvalue weighted by Crippen LogP contribution is -2.43. The summed E-state index contributed by atoms with van der Waals surface area (Å²) in [5.41, 5.74) is 1.62. The minimum Gasteiger partial charge on any atom is -0.0599 e. The fourth-order valence-corrected chi connectivity index (χ4v) is 6.74. The largest absolute Gasteiger partial charge is 0.0599 e. The van der Waals surface area contributed by atoms with Gasteiger partial charge in [0, 0.05) is 0 Å². The van der Waals surface area contributed by atoms with Gasteiger partial charge in [-0.1, -0.05) is 54.9 Å². The molecule has 0 nitrogen and oxygen atoms in total. The van der Waals surface area contributed by atoms with Gasteiger partial charge in [0.25, 0.3) is 0 Å². The van der Waals surface area contributed by atoms with Crippen molar-refractivity contribution < 1.29 is 0 Å². The molecule has 3 fully saturated rings. The van der Waals surface area contributed by atoms with E-state index >= 15 is 0 Å². The molecule has 0 aromatic carbocycles. The summed E-state index contributed by atoms with van der Waals surface area (Å²) in [6.07, 6.45) is 7.50. The Hall–Kier alpha value is 0. The summed E-state index contributed by atoms with van der Waals surface area (Å²) in [6.45, 7) is 18.0. The highest BCUT2D eigenvalue weighted by Gasteiger charge is 2.60. The summed E-state index contributed by atoms with van der Waals surface area (Å²) in [6, 6.07) is 0. The van der Waals surface area contributed by atoms with Gasteiger partial charge >= 0.3 is 0 Å². The zero-order valence-corrected chi connectivity index (χ0v) is 14.9. The van der Waals surface area contributed by atoms with Crippen LogP contribution in [0.3, 0.4) is 0 Å². The summed E-state index contributed by atoms with van der Waals surface area (Å²) < 4.78 is 0. The van der Waals surface area contributed by atoms with Crippen LogP contribution < -0.4 is 0 Å². The summed E-state index contributed by atoms with van der Waals surface area (Å²) in [5, 5.41) is 0. The second kappa shape index (κ2) is 4.26. The molecular formula is C20H36. The van der Waals surface area contributed by atoms with E-state index in [1.807, 2.05) is 0 Å². The molecule has 0 spiro atoms. The Morgan fingerprint density at radius 2 is 1.30 bits per heavy atom. The van der Waals surface area contributed by atoms with E-state index in [9.17, 15) is 0 Å². The lowest BCUT2D eigenvalue weighted by atomic mass is 9.55. The van der Waals surface area contributed by atoms with E-state index in [4.69, 9.17) is 0 Å². The fourth-order valence-electron chi connectivity index (χ4n) is 6.74. The first-order valence-corrected chi connectivity index (χ1v) is 9.06. The van der Waals surface area contributed by atoms with Crippen LogP contribution in [-0.2, 0) is 0 Å². The monoisotopic (exact) mass is 276 g/mol. The van der Waals surface area contributed by atoms with Crippen molar-refractivity contribution >= 4 is 0 Å². The lowest BCUT2D eigenvalue weighted by molar-refractivity contribution is -0.0119. The Kier molecular flexibility index (Phi) is 3.18. The number of hydrogen-bond donors (Lipinski definition) is 0. The Bertz CT molecular complexity index is 381. The molecule has 0 radical (unpaired) electrons. The zero-order chi connectivity index (χ0) is 14.9. The molecule has 3 aliphatic rings. The minimum atomic E-state index is 0.484. The van der Waals surface area contributed by atoms with Gasteiger partial charge in [-0.25, -0.2) is 0 Å². The summed E-state index contributed by atoms with van der Waals surface area (Å²) in [7, 11) is 0. The van der Waals surface area contributed by atoms with Crippen molar-refractivity contribution in [3.8, 4) is 0 Å². The first kappa shape index (κ1) is 14.9. The first-order valence-electron chi connectivity index (χ1n) is 9.06. The van der Waals surface area contributed by atoms with Crippen LogP contribution in [0.15, 0.2) is 0 Å². The Morgan fingerprint density at radius 1 is 0.750 bits per heavy atom. The molecule has 0 aliphatic heterocycles. The van der Waals surface area contributed by atoms with Gasteiger partial charge in [0.2, 0.25) is 0 Å². The minimum absolute atomic E-state index is 0.484.